The molecule has 0 aromatic heterocycles. The lowest BCUT2D eigenvalue weighted by Crippen LogP contribution is -2.65. The van der Waals surface area contributed by atoms with Crippen LogP contribution in [0.25, 0.3) is 0 Å². The summed E-state index contributed by atoms with van der Waals surface area (Å²) in [5, 5.41) is 2.97. The number of nitrogens with zero attached hydrogens (tertiary/aromatic N) is 1. The van der Waals surface area contributed by atoms with E-state index in [2.05, 4.69) is 5.32 Å². The number of amides is 2. The van der Waals surface area contributed by atoms with Gasteiger partial charge in [0.25, 0.3) is 0 Å². The van der Waals surface area contributed by atoms with Gasteiger partial charge in [-0.15, -0.1) is 0 Å². The van der Waals surface area contributed by atoms with E-state index < -0.39 is 0 Å². The summed E-state index contributed by atoms with van der Waals surface area (Å²) in [5.41, 5.74) is -0.216. The third-order valence-corrected chi connectivity index (χ3v) is 4.48. The first-order valence-corrected chi connectivity index (χ1v) is 8.11. The molecule has 2 aliphatic carbocycles. The highest BCUT2D eigenvalue weighted by Gasteiger charge is 2.51. The molecular weight excluding hydrogens is 268 g/mol. The van der Waals surface area contributed by atoms with Crippen molar-refractivity contribution in [3.8, 4) is 0 Å². The number of hydrogen-bond donors (Lipinski definition) is 1. The van der Waals surface area contributed by atoms with Crippen LogP contribution < -0.4 is 5.32 Å². The molecule has 3 fully saturated rings. The zero-order chi connectivity index (χ0) is 15.2. The molecule has 0 radical (unpaired) electrons. The van der Waals surface area contributed by atoms with Gasteiger partial charge in [-0.1, -0.05) is 0 Å². The van der Waals surface area contributed by atoms with Crippen LogP contribution in [0.15, 0.2) is 0 Å². The number of nitrogens with one attached hydrogen (secondary N) is 1. The van der Waals surface area contributed by atoms with E-state index in [9.17, 15) is 9.59 Å². The predicted octanol–water partition coefficient (Wildman–Crippen LogP) is 1.32. The van der Waals surface area contributed by atoms with Crippen molar-refractivity contribution in [2.75, 3.05) is 13.2 Å². The SMILES string of the molecule is CC(C)(C)OCCN1C(=O)C(C2CC2)NC(=O)C1C1CC1. The summed E-state index contributed by atoms with van der Waals surface area (Å²) >= 11 is 0. The average Bonchev–Trinajstić information content (AvgIpc) is 3.24. The molecule has 2 amide bonds. The monoisotopic (exact) mass is 294 g/mol. The normalized spacial score (nSPS) is 30.5. The Morgan fingerprint density at radius 2 is 1.76 bits per heavy atom. The summed E-state index contributed by atoms with van der Waals surface area (Å²) < 4.78 is 5.75. The minimum Gasteiger partial charge on any atom is -0.374 e. The maximum Gasteiger partial charge on any atom is 0.246 e. The fourth-order valence-corrected chi connectivity index (χ4v) is 3.09. The van der Waals surface area contributed by atoms with Gasteiger partial charge in [-0.05, 0) is 58.3 Å². The number of piperazine rings is 1. The Morgan fingerprint density at radius 1 is 1.14 bits per heavy atom. The van der Waals surface area contributed by atoms with Crippen LogP contribution in [-0.4, -0.2) is 47.6 Å². The van der Waals surface area contributed by atoms with Gasteiger partial charge in [-0.25, -0.2) is 0 Å². The maximum atomic E-state index is 12.7. The van der Waals surface area contributed by atoms with Crippen molar-refractivity contribution in [3.63, 3.8) is 0 Å². The Hall–Kier alpha value is -1.10. The summed E-state index contributed by atoms with van der Waals surface area (Å²) in [6.45, 7) is 7.02. The Bertz CT molecular complexity index is 435. The van der Waals surface area contributed by atoms with Gasteiger partial charge in [0, 0.05) is 6.54 Å². The highest BCUT2D eigenvalue weighted by Crippen LogP contribution is 2.40. The number of carbonyl (C=O) groups is 2. The maximum absolute atomic E-state index is 12.7. The molecule has 0 spiro atoms. The molecule has 1 saturated heterocycles. The van der Waals surface area contributed by atoms with E-state index in [1.165, 1.54) is 0 Å². The van der Waals surface area contributed by atoms with E-state index in [1.807, 2.05) is 20.8 Å². The van der Waals surface area contributed by atoms with Crippen molar-refractivity contribution in [1.29, 1.82) is 0 Å². The molecule has 2 unspecified atom stereocenters. The largest absolute Gasteiger partial charge is 0.374 e. The molecule has 1 N–H and O–H groups in total. The van der Waals surface area contributed by atoms with E-state index in [1.54, 1.807) is 4.90 Å². The van der Waals surface area contributed by atoms with Gasteiger partial charge in [0.15, 0.2) is 0 Å². The average molecular weight is 294 g/mol. The molecule has 3 aliphatic rings. The topological polar surface area (TPSA) is 58.6 Å². The molecule has 2 saturated carbocycles. The van der Waals surface area contributed by atoms with Gasteiger partial charge in [-0.2, -0.15) is 0 Å². The molecule has 0 aromatic rings. The van der Waals surface area contributed by atoms with Gasteiger partial charge >= 0.3 is 0 Å². The van der Waals surface area contributed by atoms with Gasteiger partial charge < -0.3 is 15.0 Å². The molecule has 1 aliphatic heterocycles. The molecule has 2 atom stereocenters. The molecule has 0 aromatic carbocycles. The summed E-state index contributed by atoms with van der Waals surface area (Å²) in [6.07, 6.45) is 4.21. The summed E-state index contributed by atoms with van der Waals surface area (Å²) in [4.78, 5) is 26.9. The van der Waals surface area contributed by atoms with E-state index in [0.29, 0.717) is 25.0 Å². The molecule has 0 bridgehead atoms. The van der Waals surface area contributed by atoms with Crippen LogP contribution in [-0.2, 0) is 14.3 Å². The van der Waals surface area contributed by atoms with Crippen molar-refractivity contribution >= 4 is 11.8 Å². The minimum atomic E-state index is -0.290. The van der Waals surface area contributed by atoms with Crippen LogP contribution in [0, 0.1) is 11.8 Å². The second-order valence-corrected chi connectivity index (χ2v) is 7.60. The molecule has 3 rings (SSSR count). The van der Waals surface area contributed by atoms with Crippen LogP contribution >= 0.6 is 0 Å². The van der Waals surface area contributed by atoms with Crippen LogP contribution in [0.4, 0.5) is 0 Å². The Kier molecular flexibility index (Phi) is 3.72. The number of carbonyl (C=O) groups excluding carboxylic acids is 2. The van der Waals surface area contributed by atoms with Crippen molar-refractivity contribution in [2.45, 2.75) is 64.1 Å². The highest BCUT2D eigenvalue weighted by atomic mass is 16.5. The molecule has 21 heavy (non-hydrogen) atoms. The number of rotatable bonds is 5. The Morgan fingerprint density at radius 3 is 2.29 bits per heavy atom. The standard InChI is InChI=1S/C16H26N2O3/c1-16(2,3)21-9-8-18-13(11-6-7-11)14(19)17-12(15(18)20)10-4-5-10/h10-13H,4-9H2,1-3H3,(H,17,19). The minimum absolute atomic E-state index is 0.0461. The van der Waals surface area contributed by atoms with Crippen molar-refractivity contribution in [2.24, 2.45) is 11.8 Å². The smallest absolute Gasteiger partial charge is 0.246 e. The van der Waals surface area contributed by atoms with Crippen LogP contribution in [0.3, 0.4) is 0 Å². The van der Waals surface area contributed by atoms with Gasteiger partial charge in [0.1, 0.15) is 12.1 Å². The lowest BCUT2D eigenvalue weighted by Gasteiger charge is -2.39. The van der Waals surface area contributed by atoms with E-state index >= 15 is 0 Å². The summed E-state index contributed by atoms with van der Waals surface area (Å²) in [7, 11) is 0. The van der Waals surface area contributed by atoms with Crippen LogP contribution in [0.1, 0.15) is 46.5 Å². The quantitative estimate of drug-likeness (QED) is 0.832. The van der Waals surface area contributed by atoms with E-state index in [0.717, 1.165) is 25.7 Å². The van der Waals surface area contributed by atoms with Crippen LogP contribution in [0.5, 0.6) is 0 Å². The molecule has 5 nitrogen and oxygen atoms in total. The van der Waals surface area contributed by atoms with Gasteiger partial charge in [0.05, 0.1) is 12.2 Å². The fourth-order valence-electron chi connectivity index (χ4n) is 3.09. The lowest BCUT2D eigenvalue weighted by molar-refractivity contribution is -0.152. The van der Waals surface area contributed by atoms with Crippen molar-refractivity contribution < 1.29 is 14.3 Å². The summed E-state index contributed by atoms with van der Waals surface area (Å²) in [5.74, 6) is 0.854. The second kappa shape index (κ2) is 5.27. The zero-order valence-electron chi connectivity index (χ0n) is 13.2. The first-order valence-electron chi connectivity index (χ1n) is 8.11. The third-order valence-electron chi connectivity index (χ3n) is 4.48. The van der Waals surface area contributed by atoms with E-state index in [-0.39, 0.29) is 29.5 Å². The summed E-state index contributed by atoms with van der Waals surface area (Å²) in [6, 6.07) is -0.557. The van der Waals surface area contributed by atoms with Crippen molar-refractivity contribution in [1.82, 2.24) is 10.2 Å². The Labute approximate surface area is 126 Å². The fraction of sp³-hybridized carbons (Fsp3) is 0.875. The van der Waals surface area contributed by atoms with Crippen LogP contribution in [0.2, 0.25) is 0 Å². The first kappa shape index (κ1) is 14.8. The molecule has 5 heteroatoms. The molecular formula is C16H26N2O3. The zero-order valence-corrected chi connectivity index (χ0v) is 13.2. The highest BCUT2D eigenvalue weighted by molar-refractivity contribution is 5.97. The second-order valence-electron chi connectivity index (χ2n) is 7.60. The number of hydrogen-bond acceptors (Lipinski definition) is 3. The predicted molar refractivity (Wildman–Crippen MR) is 78.6 cm³/mol. The third kappa shape index (κ3) is 3.39. The van der Waals surface area contributed by atoms with E-state index in [4.69, 9.17) is 4.74 Å². The van der Waals surface area contributed by atoms with Gasteiger partial charge in [0.2, 0.25) is 11.8 Å². The number of ether oxygens (including phenoxy) is 1. The van der Waals surface area contributed by atoms with Crippen molar-refractivity contribution in [3.05, 3.63) is 0 Å². The lowest BCUT2D eigenvalue weighted by atomic mass is 10.0. The van der Waals surface area contributed by atoms with Gasteiger partial charge in [-0.3, -0.25) is 9.59 Å². The molecule has 118 valence electrons. The first-order chi connectivity index (χ1) is 9.87. The Balaban J connectivity index is 1.68. The molecule has 1 heterocycles.